The number of fused-ring (bicyclic) bond motifs is 1. The number of benzene rings is 1. The van der Waals surface area contributed by atoms with Crippen molar-refractivity contribution in [2.45, 2.75) is 57.5 Å². The summed E-state index contributed by atoms with van der Waals surface area (Å²) >= 11 is 0. The number of hydrogen-bond donors (Lipinski definition) is 3. The highest BCUT2D eigenvalue weighted by Gasteiger charge is 2.46. The van der Waals surface area contributed by atoms with E-state index in [1.807, 2.05) is 26.0 Å². The number of rotatable bonds is 7. The third kappa shape index (κ3) is 6.07. The van der Waals surface area contributed by atoms with E-state index in [4.69, 9.17) is 0 Å². The largest absolute Gasteiger partial charge is 0.380 e. The first kappa shape index (κ1) is 26.0. The summed E-state index contributed by atoms with van der Waals surface area (Å²) in [5, 5.41) is 5.90. The monoisotopic (exact) mass is 507 g/mol. The van der Waals surface area contributed by atoms with Crippen molar-refractivity contribution in [3.05, 3.63) is 87.1 Å². The fraction of sp³-hybridized carbons (Fsp3) is 0.375. The van der Waals surface area contributed by atoms with Crippen molar-refractivity contribution in [2.24, 2.45) is 0 Å². The van der Waals surface area contributed by atoms with Crippen LogP contribution in [0.3, 0.4) is 0 Å². The van der Waals surface area contributed by atoms with Crippen molar-refractivity contribution in [2.75, 3.05) is 20.1 Å². The predicted octanol–water partition coefficient (Wildman–Crippen LogP) is 2.53. The summed E-state index contributed by atoms with van der Waals surface area (Å²) in [4.78, 5) is 20.1. The highest BCUT2D eigenvalue weighted by molar-refractivity contribution is 5.98. The molecule has 1 aromatic heterocycles. The minimum absolute atomic E-state index is 0.0105. The quantitative estimate of drug-likeness (QED) is 0.397. The van der Waals surface area contributed by atoms with Gasteiger partial charge in [0.05, 0.1) is 11.6 Å². The van der Waals surface area contributed by atoms with Gasteiger partial charge in [-0.05, 0) is 91.1 Å². The van der Waals surface area contributed by atoms with Crippen LogP contribution < -0.4 is 26.6 Å². The number of aryl methyl sites for hydroxylation is 1. The molecule has 3 N–H and O–H groups in total. The molecule has 1 unspecified atom stereocenters. The van der Waals surface area contributed by atoms with Crippen LogP contribution in [0.4, 0.5) is 0 Å². The molecule has 2 aliphatic carbocycles. The summed E-state index contributed by atoms with van der Waals surface area (Å²) < 4.78 is 0. The zero-order chi connectivity index (χ0) is 26.5. The van der Waals surface area contributed by atoms with Crippen molar-refractivity contribution < 1.29 is 4.79 Å². The molecule has 1 amide bonds. The fourth-order valence-electron chi connectivity index (χ4n) is 5.05. The van der Waals surface area contributed by atoms with Crippen LogP contribution in [0.5, 0.6) is 0 Å². The molecule has 5 rings (SSSR count). The van der Waals surface area contributed by atoms with E-state index in [1.54, 1.807) is 6.20 Å². The van der Waals surface area contributed by atoms with Crippen LogP contribution in [-0.2, 0) is 10.3 Å². The van der Waals surface area contributed by atoms with Gasteiger partial charge in [-0.15, -0.1) is 0 Å². The lowest BCUT2D eigenvalue weighted by atomic mass is 9.95. The Balaban J connectivity index is 1.21. The number of allylic oxidation sites excluding steroid dienone is 2. The van der Waals surface area contributed by atoms with Gasteiger partial charge in [-0.25, -0.2) is 10.4 Å². The van der Waals surface area contributed by atoms with Gasteiger partial charge in [0, 0.05) is 38.1 Å². The van der Waals surface area contributed by atoms with Gasteiger partial charge >= 0.3 is 0 Å². The molecule has 3 aliphatic rings. The van der Waals surface area contributed by atoms with E-state index in [0.29, 0.717) is 6.54 Å². The summed E-state index contributed by atoms with van der Waals surface area (Å²) in [5.41, 5.74) is 11.1. The number of hydrazine groups is 1. The Kier molecular flexibility index (Phi) is 7.78. The maximum atomic E-state index is 13.5. The molecule has 0 saturated heterocycles. The van der Waals surface area contributed by atoms with Gasteiger partial charge in [0.2, 0.25) is 0 Å². The van der Waals surface area contributed by atoms with Crippen molar-refractivity contribution in [1.82, 2.24) is 26.1 Å². The summed E-state index contributed by atoms with van der Waals surface area (Å²) in [7, 11) is 2.12. The van der Waals surface area contributed by atoms with E-state index in [1.165, 1.54) is 16.0 Å². The third-order valence-electron chi connectivity index (χ3n) is 7.46. The zero-order valence-electron chi connectivity index (χ0n) is 22.6. The average Bonchev–Trinajstić information content (AvgIpc) is 3.72. The number of hydrogen-bond acceptors (Lipinski definition) is 5. The molecule has 6 nitrogen and oxygen atoms in total. The topological polar surface area (TPSA) is 69.3 Å². The molecule has 0 bridgehead atoms. The third-order valence-corrected chi connectivity index (χ3v) is 7.46. The van der Waals surface area contributed by atoms with Crippen molar-refractivity contribution in [3.8, 4) is 11.8 Å². The number of nitrogens with one attached hydrogen (secondary N) is 3. The molecule has 6 heteroatoms. The van der Waals surface area contributed by atoms with E-state index in [-0.39, 0.29) is 17.5 Å². The highest BCUT2D eigenvalue weighted by atomic mass is 16.2. The molecule has 2 aromatic rings. The molecule has 1 saturated carbocycles. The molecule has 1 atom stereocenters. The number of carbonyl (C=O) groups excluding carboxylic acids is 1. The van der Waals surface area contributed by atoms with Crippen molar-refractivity contribution in [3.63, 3.8) is 0 Å². The summed E-state index contributed by atoms with van der Waals surface area (Å²) in [6.45, 7) is 5.58. The maximum Gasteiger partial charge on any atom is 0.251 e. The second-order valence-corrected chi connectivity index (χ2v) is 10.6. The number of aromatic nitrogens is 1. The van der Waals surface area contributed by atoms with Gasteiger partial charge in [-0.2, -0.15) is 0 Å². The van der Waals surface area contributed by atoms with E-state index < -0.39 is 0 Å². The minimum Gasteiger partial charge on any atom is -0.380 e. The molecule has 1 aromatic carbocycles. The first-order chi connectivity index (χ1) is 18.4. The standard InChI is InChI=1S/C32H37N5O/c1-23-8-6-18-33-30(23)15-12-24(2)36-34-21-26-9-4-5-11-29(26)31(38)35-32(16-17-32)28-14-13-25-10-7-19-37(3)22-27(25)20-28/h6,8-11,13-14,18,20,22,24,34,36H,4-5,7,16-17,19,21H2,1-3H3,(H,35,38). The summed E-state index contributed by atoms with van der Waals surface area (Å²) in [5.74, 6) is 6.34. The van der Waals surface area contributed by atoms with Crippen molar-refractivity contribution >= 4 is 18.2 Å². The zero-order valence-corrected chi connectivity index (χ0v) is 22.6. The SMILES string of the molecule is Cc1cccnc1C#CC(C)NNCC1=CCCC=C1C(=O)NC1(c2ccc3c(c2)=CN(C)CCC=3)CC1. The summed E-state index contributed by atoms with van der Waals surface area (Å²) in [6.07, 6.45) is 15.3. The maximum absolute atomic E-state index is 13.5. The van der Waals surface area contributed by atoms with Gasteiger partial charge in [-0.1, -0.05) is 42.3 Å². The smallest absolute Gasteiger partial charge is 0.251 e. The predicted molar refractivity (Wildman–Crippen MR) is 153 cm³/mol. The van der Waals surface area contributed by atoms with Gasteiger partial charge in [0.25, 0.3) is 5.91 Å². The van der Waals surface area contributed by atoms with Crippen LogP contribution in [0.1, 0.15) is 55.8 Å². The second kappa shape index (κ2) is 11.4. The van der Waals surface area contributed by atoms with Crippen LogP contribution >= 0.6 is 0 Å². The molecule has 1 fully saturated rings. The first-order valence-corrected chi connectivity index (χ1v) is 13.6. The Morgan fingerprint density at radius 3 is 2.79 bits per heavy atom. The second-order valence-electron chi connectivity index (χ2n) is 10.6. The molecule has 2 heterocycles. The lowest BCUT2D eigenvalue weighted by Crippen LogP contribution is -2.42. The number of carbonyl (C=O) groups is 1. The first-order valence-electron chi connectivity index (χ1n) is 13.6. The molecular formula is C32H37N5O. The minimum atomic E-state index is -0.270. The van der Waals surface area contributed by atoms with Gasteiger partial charge in [-0.3, -0.25) is 10.2 Å². The number of amides is 1. The Morgan fingerprint density at radius 1 is 1.13 bits per heavy atom. The molecule has 38 heavy (non-hydrogen) atoms. The van der Waals surface area contributed by atoms with E-state index in [0.717, 1.165) is 61.1 Å². The Labute approximate surface area is 225 Å². The Bertz CT molecular complexity index is 1450. The number of pyridine rings is 1. The molecular weight excluding hydrogens is 470 g/mol. The Hall–Kier alpha value is -3.66. The molecule has 196 valence electrons. The van der Waals surface area contributed by atoms with E-state index >= 15 is 0 Å². The fourth-order valence-corrected chi connectivity index (χ4v) is 5.05. The average molecular weight is 508 g/mol. The lowest BCUT2D eigenvalue weighted by molar-refractivity contribution is -0.118. The normalized spacial score (nSPS) is 18.2. The van der Waals surface area contributed by atoms with Crippen LogP contribution in [0.2, 0.25) is 0 Å². The van der Waals surface area contributed by atoms with Crippen LogP contribution in [-0.4, -0.2) is 42.0 Å². The highest BCUT2D eigenvalue weighted by Crippen LogP contribution is 2.45. The van der Waals surface area contributed by atoms with Crippen LogP contribution in [0, 0.1) is 18.8 Å². The van der Waals surface area contributed by atoms with Crippen molar-refractivity contribution in [1.29, 1.82) is 0 Å². The van der Waals surface area contributed by atoms with Gasteiger partial charge in [0.15, 0.2) is 0 Å². The molecule has 1 aliphatic heterocycles. The Morgan fingerprint density at radius 2 is 1.97 bits per heavy atom. The summed E-state index contributed by atoms with van der Waals surface area (Å²) in [6, 6.07) is 10.5. The number of nitrogens with zero attached hydrogens (tertiary/aromatic N) is 2. The van der Waals surface area contributed by atoms with Gasteiger partial charge < -0.3 is 10.2 Å². The van der Waals surface area contributed by atoms with Gasteiger partial charge in [0.1, 0.15) is 5.69 Å². The lowest BCUT2D eigenvalue weighted by Gasteiger charge is -2.22. The van der Waals surface area contributed by atoms with E-state index in [9.17, 15) is 4.79 Å². The molecule has 0 spiro atoms. The molecule has 0 radical (unpaired) electrons. The van der Waals surface area contributed by atoms with E-state index in [2.05, 4.69) is 87.6 Å². The van der Waals surface area contributed by atoms with Crippen LogP contribution in [0.25, 0.3) is 12.3 Å². The van der Waals surface area contributed by atoms with Crippen LogP contribution in [0.15, 0.2) is 59.8 Å².